The third kappa shape index (κ3) is 4.63. The number of nitrogens with one attached hydrogen (secondary N) is 2. The van der Waals surface area contributed by atoms with Crippen LogP contribution in [0.25, 0.3) is 0 Å². The fourth-order valence-corrected chi connectivity index (χ4v) is 2.55. The molecule has 0 heterocycles. The highest BCUT2D eigenvalue weighted by Gasteiger charge is 2.08. The van der Waals surface area contributed by atoms with Crippen molar-refractivity contribution in [1.82, 2.24) is 5.32 Å². The molecular formula is C16H17Cl2N3O. The molecule has 0 aliphatic carbocycles. The molecule has 22 heavy (non-hydrogen) atoms. The average Bonchev–Trinajstić information content (AvgIpc) is 2.47. The van der Waals surface area contributed by atoms with Crippen LogP contribution in [0.2, 0.25) is 10.0 Å². The second-order valence-electron chi connectivity index (χ2n) is 4.75. The Morgan fingerprint density at radius 2 is 1.77 bits per heavy atom. The zero-order valence-electron chi connectivity index (χ0n) is 11.9. The topological polar surface area (TPSA) is 67.1 Å². The first kappa shape index (κ1) is 16.6. The summed E-state index contributed by atoms with van der Waals surface area (Å²) >= 11 is 12.1. The molecule has 4 nitrogen and oxygen atoms in total. The molecule has 0 aliphatic rings. The quantitative estimate of drug-likeness (QED) is 0.776. The van der Waals surface area contributed by atoms with E-state index in [1.165, 1.54) is 0 Å². The van der Waals surface area contributed by atoms with Gasteiger partial charge in [-0.3, -0.25) is 0 Å². The molecule has 0 fully saturated rings. The Hall–Kier alpha value is -1.75. The van der Waals surface area contributed by atoms with E-state index in [9.17, 15) is 4.79 Å². The van der Waals surface area contributed by atoms with Gasteiger partial charge in [0.15, 0.2) is 0 Å². The van der Waals surface area contributed by atoms with Gasteiger partial charge in [0.2, 0.25) is 0 Å². The number of carbonyl (C=O) groups is 1. The highest BCUT2D eigenvalue weighted by molar-refractivity contribution is 6.36. The Kier molecular flexibility index (Phi) is 6.07. The maximum Gasteiger partial charge on any atom is 0.319 e. The molecule has 4 N–H and O–H groups in total. The Morgan fingerprint density at radius 1 is 1.09 bits per heavy atom. The third-order valence-corrected chi connectivity index (χ3v) is 3.81. The largest absolute Gasteiger partial charge is 0.334 e. The molecule has 2 amide bonds. The Bertz CT molecular complexity index is 641. The number of hydrogen-bond acceptors (Lipinski definition) is 2. The molecule has 0 saturated carbocycles. The monoisotopic (exact) mass is 337 g/mol. The summed E-state index contributed by atoms with van der Waals surface area (Å²) in [6.07, 6.45) is 0.770. The lowest BCUT2D eigenvalue weighted by Crippen LogP contribution is -2.28. The van der Waals surface area contributed by atoms with Crippen LogP contribution in [-0.4, -0.2) is 12.6 Å². The van der Waals surface area contributed by atoms with Crippen molar-refractivity contribution in [2.24, 2.45) is 5.73 Å². The van der Waals surface area contributed by atoms with E-state index in [0.29, 0.717) is 27.8 Å². The van der Waals surface area contributed by atoms with E-state index < -0.39 is 0 Å². The lowest BCUT2D eigenvalue weighted by Gasteiger charge is -2.11. The number of nitrogens with two attached hydrogens (primary N) is 1. The van der Waals surface area contributed by atoms with Crippen molar-refractivity contribution >= 4 is 34.9 Å². The van der Waals surface area contributed by atoms with Crippen LogP contribution in [0.15, 0.2) is 42.5 Å². The van der Waals surface area contributed by atoms with Gasteiger partial charge in [0, 0.05) is 27.8 Å². The minimum absolute atomic E-state index is 0.257. The van der Waals surface area contributed by atoms with Gasteiger partial charge in [-0.05, 0) is 42.8 Å². The normalized spacial score (nSPS) is 10.3. The van der Waals surface area contributed by atoms with Crippen molar-refractivity contribution in [2.45, 2.75) is 13.0 Å². The molecule has 116 valence electrons. The highest BCUT2D eigenvalue weighted by atomic mass is 35.5. The van der Waals surface area contributed by atoms with Gasteiger partial charge in [-0.2, -0.15) is 0 Å². The molecule has 0 bridgehead atoms. The second kappa shape index (κ2) is 8.03. The minimum Gasteiger partial charge on any atom is -0.334 e. The van der Waals surface area contributed by atoms with E-state index in [0.717, 1.165) is 12.0 Å². The van der Waals surface area contributed by atoms with E-state index in [1.807, 2.05) is 24.3 Å². The van der Waals surface area contributed by atoms with E-state index in [2.05, 4.69) is 10.6 Å². The molecule has 6 heteroatoms. The number of rotatable bonds is 5. The molecule has 0 aliphatic heterocycles. The van der Waals surface area contributed by atoms with Crippen LogP contribution in [0, 0.1) is 0 Å². The summed E-state index contributed by atoms with van der Waals surface area (Å²) < 4.78 is 0. The predicted octanol–water partition coefficient (Wildman–Crippen LogP) is 3.82. The van der Waals surface area contributed by atoms with Crippen LogP contribution < -0.4 is 16.4 Å². The predicted molar refractivity (Wildman–Crippen MR) is 91.5 cm³/mol. The van der Waals surface area contributed by atoms with Crippen molar-refractivity contribution in [1.29, 1.82) is 0 Å². The molecule has 0 aromatic heterocycles. The summed E-state index contributed by atoms with van der Waals surface area (Å²) in [5, 5.41) is 6.56. The number of hydrogen-bond donors (Lipinski definition) is 3. The summed E-state index contributed by atoms with van der Waals surface area (Å²) in [6.45, 7) is 0.827. The van der Waals surface area contributed by atoms with Gasteiger partial charge in [0.05, 0.1) is 0 Å². The van der Waals surface area contributed by atoms with Crippen molar-refractivity contribution in [2.75, 3.05) is 11.9 Å². The molecule has 0 spiro atoms. The first-order valence-corrected chi connectivity index (χ1v) is 7.62. The van der Waals surface area contributed by atoms with Gasteiger partial charge in [0.1, 0.15) is 0 Å². The summed E-state index contributed by atoms with van der Waals surface area (Å²) in [6, 6.07) is 12.5. The van der Waals surface area contributed by atoms with Gasteiger partial charge in [0.25, 0.3) is 0 Å². The maximum atomic E-state index is 11.9. The lowest BCUT2D eigenvalue weighted by atomic mass is 10.1. The molecule has 0 radical (unpaired) electrons. The minimum atomic E-state index is -0.319. The smallest absolute Gasteiger partial charge is 0.319 e. The highest BCUT2D eigenvalue weighted by Crippen LogP contribution is 2.23. The van der Waals surface area contributed by atoms with Crippen molar-refractivity contribution in [3.63, 3.8) is 0 Å². The SMILES string of the molecule is NCCc1cccc(NC(=O)NCc2c(Cl)cccc2Cl)c1. The van der Waals surface area contributed by atoms with Gasteiger partial charge in [-0.25, -0.2) is 4.79 Å². The zero-order valence-corrected chi connectivity index (χ0v) is 13.4. The van der Waals surface area contributed by atoms with Crippen LogP contribution in [0.3, 0.4) is 0 Å². The van der Waals surface area contributed by atoms with Crippen LogP contribution in [-0.2, 0) is 13.0 Å². The molecule has 0 unspecified atom stereocenters. The molecule has 0 atom stereocenters. The lowest BCUT2D eigenvalue weighted by molar-refractivity contribution is 0.252. The fourth-order valence-electron chi connectivity index (χ4n) is 2.02. The number of amides is 2. The average molecular weight is 338 g/mol. The maximum absolute atomic E-state index is 11.9. The van der Waals surface area contributed by atoms with Crippen LogP contribution in [0.5, 0.6) is 0 Å². The van der Waals surface area contributed by atoms with Gasteiger partial charge >= 0.3 is 6.03 Å². The van der Waals surface area contributed by atoms with Gasteiger partial charge in [-0.15, -0.1) is 0 Å². The molecule has 2 aromatic carbocycles. The number of halogens is 2. The number of urea groups is 1. The summed E-state index contributed by atoms with van der Waals surface area (Å²) in [5.74, 6) is 0. The number of carbonyl (C=O) groups excluding carboxylic acids is 1. The first-order valence-electron chi connectivity index (χ1n) is 6.87. The van der Waals surface area contributed by atoms with Crippen molar-refractivity contribution in [3.05, 3.63) is 63.6 Å². The van der Waals surface area contributed by atoms with Crippen LogP contribution in [0.4, 0.5) is 10.5 Å². The molecule has 0 saturated heterocycles. The Balaban J connectivity index is 1.94. The summed E-state index contributed by atoms with van der Waals surface area (Å²) in [7, 11) is 0. The van der Waals surface area contributed by atoms with E-state index in [-0.39, 0.29) is 12.6 Å². The molecule has 2 aromatic rings. The Labute approximate surface area is 139 Å². The van der Waals surface area contributed by atoms with Gasteiger partial charge < -0.3 is 16.4 Å². The zero-order chi connectivity index (χ0) is 15.9. The fraction of sp³-hybridized carbons (Fsp3) is 0.188. The standard InChI is InChI=1S/C16H17Cl2N3O/c17-14-5-2-6-15(18)13(14)10-20-16(22)21-12-4-1-3-11(9-12)7-8-19/h1-6,9H,7-8,10,19H2,(H2,20,21,22). The third-order valence-electron chi connectivity index (χ3n) is 3.11. The van der Waals surface area contributed by atoms with Crippen LogP contribution in [0.1, 0.15) is 11.1 Å². The first-order chi connectivity index (χ1) is 10.6. The summed E-state index contributed by atoms with van der Waals surface area (Å²) in [5.41, 5.74) is 8.01. The molecular weight excluding hydrogens is 321 g/mol. The van der Waals surface area contributed by atoms with Crippen molar-refractivity contribution < 1.29 is 4.79 Å². The van der Waals surface area contributed by atoms with Crippen LogP contribution >= 0.6 is 23.2 Å². The van der Waals surface area contributed by atoms with E-state index in [1.54, 1.807) is 18.2 Å². The Morgan fingerprint density at radius 3 is 2.45 bits per heavy atom. The van der Waals surface area contributed by atoms with Gasteiger partial charge in [-0.1, -0.05) is 41.4 Å². The van der Waals surface area contributed by atoms with E-state index >= 15 is 0 Å². The van der Waals surface area contributed by atoms with Crippen molar-refractivity contribution in [3.8, 4) is 0 Å². The van der Waals surface area contributed by atoms with E-state index in [4.69, 9.17) is 28.9 Å². The number of benzene rings is 2. The number of anilines is 1. The summed E-state index contributed by atoms with van der Waals surface area (Å²) in [4.78, 5) is 11.9. The molecule has 2 rings (SSSR count). The second-order valence-corrected chi connectivity index (χ2v) is 5.56.